The Bertz CT molecular complexity index is 1770. The number of carbonyl (C=O) groups excluding carboxylic acids is 1. The van der Waals surface area contributed by atoms with Gasteiger partial charge in [0.25, 0.3) is 5.91 Å². The van der Waals surface area contributed by atoms with E-state index < -0.39 is 0 Å². The highest BCUT2D eigenvalue weighted by molar-refractivity contribution is 7.21. The van der Waals surface area contributed by atoms with Gasteiger partial charge in [-0.2, -0.15) is 0 Å². The molecule has 0 saturated heterocycles. The van der Waals surface area contributed by atoms with E-state index >= 15 is 0 Å². The molecule has 3 nitrogen and oxygen atoms in total. The molecule has 44 heavy (non-hydrogen) atoms. The van der Waals surface area contributed by atoms with Crippen LogP contribution >= 0.6 is 34.5 Å². The fraction of sp³-hybridized carbons (Fsp3) is 0.342. The van der Waals surface area contributed by atoms with Gasteiger partial charge in [-0.15, -0.1) is 11.3 Å². The Morgan fingerprint density at radius 2 is 1.52 bits per heavy atom. The number of hydrogen-bond donors (Lipinski definition) is 0. The van der Waals surface area contributed by atoms with Gasteiger partial charge in [-0.1, -0.05) is 88.9 Å². The molecule has 0 aliphatic rings. The van der Waals surface area contributed by atoms with Crippen molar-refractivity contribution < 1.29 is 9.28 Å². The van der Waals surface area contributed by atoms with Crippen molar-refractivity contribution in [1.82, 2.24) is 4.90 Å². The molecule has 0 atom stereocenters. The molecule has 230 valence electrons. The standard InChI is InChI=1S/C38H43Cl2N2OS/c1-6-42(7-2,25-30-19-26(3)18-27(4)20-30)17-11-10-16-41(24-29-14-15-31-12-8-9-13-32(31)21-29)38(43)37-28(5)36-34(40)22-33(39)23-35(36)44-37/h8-9,12-15,18-23H,6-7,10-11,16-17,24-25H2,1-5H3/q+1. The van der Waals surface area contributed by atoms with Crippen LogP contribution in [0, 0.1) is 20.8 Å². The molecule has 0 fully saturated rings. The predicted octanol–water partition coefficient (Wildman–Crippen LogP) is 10.8. The minimum atomic E-state index is 0.0611. The minimum Gasteiger partial charge on any atom is -0.334 e. The summed E-state index contributed by atoms with van der Waals surface area (Å²) in [6, 6.07) is 25.5. The van der Waals surface area contributed by atoms with Crippen molar-refractivity contribution >= 4 is 61.3 Å². The second-order valence-electron chi connectivity index (χ2n) is 12.3. The number of hydrogen-bond acceptors (Lipinski definition) is 2. The average molecular weight is 647 g/mol. The normalized spacial score (nSPS) is 11.9. The van der Waals surface area contributed by atoms with Gasteiger partial charge in [0, 0.05) is 33.8 Å². The monoisotopic (exact) mass is 645 g/mol. The molecule has 0 bridgehead atoms. The summed E-state index contributed by atoms with van der Waals surface area (Å²) in [5.41, 5.74) is 6.14. The molecule has 6 heteroatoms. The van der Waals surface area contributed by atoms with Crippen molar-refractivity contribution in [2.24, 2.45) is 0 Å². The summed E-state index contributed by atoms with van der Waals surface area (Å²) in [5, 5.41) is 4.51. The van der Waals surface area contributed by atoms with Gasteiger partial charge >= 0.3 is 0 Å². The van der Waals surface area contributed by atoms with Gasteiger partial charge in [0.2, 0.25) is 0 Å². The molecule has 0 aliphatic carbocycles. The van der Waals surface area contributed by atoms with Gasteiger partial charge in [-0.05, 0) is 87.6 Å². The van der Waals surface area contributed by atoms with Gasteiger partial charge in [0.15, 0.2) is 0 Å². The lowest BCUT2D eigenvalue weighted by atomic mass is 10.1. The molecule has 0 spiro atoms. The lowest BCUT2D eigenvalue weighted by Gasteiger charge is -2.37. The molecule has 0 saturated carbocycles. The number of thiophene rings is 1. The van der Waals surface area contributed by atoms with Crippen LogP contribution in [-0.4, -0.2) is 41.5 Å². The van der Waals surface area contributed by atoms with Crippen LogP contribution in [0.15, 0.2) is 72.8 Å². The maximum atomic E-state index is 14.3. The molecule has 0 N–H and O–H groups in total. The van der Waals surface area contributed by atoms with E-state index in [1.165, 1.54) is 38.8 Å². The molecule has 0 radical (unpaired) electrons. The highest BCUT2D eigenvalue weighted by atomic mass is 35.5. The summed E-state index contributed by atoms with van der Waals surface area (Å²) in [4.78, 5) is 17.0. The van der Waals surface area contributed by atoms with E-state index in [1.54, 1.807) is 6.07 Å². The smallest absolute Gasteiger partial charge is 0.264 e. The molecular weight excluding hydrogens is 603 g/mol. The van der Waals surface area contributed by atoms with Gasteiger partial charge < -0.3 is 9.38 Å². The SMILES string of the molecule is CC[N+](CC)(CCCCN(Cc1ccc2ccccc2c1)C(=O)c1sc2cc(Cl)cc(Cl)c2c1C)Cc1cc(C)cc(C)c1. The van der Waals surface area contributed by atoms with Crippen molar-refractivity contribution in [3.8, 4) is 0 Å². The van der Waals surface area contributed by atoms with Crippen LogP contribution in [0.2, 0.25) is 10.0 Å². The zero-order valence-electron chi connectivity index (χ0n) is 26.6. The van der Waals surface area contributed by atoms with Gasteiger partial charge in [0.05, 0.1) is 29.5 Å². The van der Waals surface area contributed by atoms with E-state index in [0.29, 0.717) is 23.1 Å². The topological polar surface area (TPSA) is 20.3 Å². The Hall–Kier alpha value is -2.89. The van der Waals surface area contributed by atoms with Crippen LogP contribution in [0.4, 0.5) is 0 Å². The van der Waals surface area contributed by atoms with E-state index in [-0.39, 0.29) is 5.91 Å². The largest absolute Gasteiger partial charge is 0.334 e. The van der Waals surface area contributed by atoms with Crippen LogP contribution in [-0.2, 0) is 13.1 Å². The minimum absolute atomic E-state index is 0.0611. The number of carbonyl (C=O) groups is 1. The van der Waals surface area contributed by atoms with Crippen LogP contribution in [0.25, 0.3) is 20.9 Å². The van der Waals surface area contributed by atoms with Crippen molar-refractivity contribution in [3.63, 3.8) is 0 Å². The molecule has 1 heterocycles. The number of quaternary nitrogens is 1. The van der Waals surface area contributed by atoms with Crippen molar-refractivity contribution in [2.75, 3.05) is 26.2 Å². The number of fused-ring (bicyclic) bond motifs is 2. The fourth-order valence-corrected chi connectivity index (χ4v) is 8.59. The average Bonchev–Trinajstić information content (AvgIpc) is 3.33. The summed E-state index contributed by atoms with van der Waals surface area (Å²) >= 11 is 14.4. The van der Waals surface area contributed by atoms with E-state index in [0.717, 1.165) is 69.6 Å². The molecule has 1 aromatic heterocycles. The molecule has 1 amide bonds. The molecule has 0 aliphatic heterocycles. The number of benzene rings is 4. The van der Waals surface area contributed by atoms with Gasteiger partial charge in [-0.3, -0.25) is 4.79 Å². The zero-order chi connectivity index (χ0) is 31.4. The first kappa shape index (κ1) is 32.5. The fourth-order valence-electron chi connectivity index (χ4n) is 6.59. The van der Waals surface area contributed by atoms with Gasteiger partial charge in [-0.25, -0.2) is 0 Å². The summed E-state index contributed by atoms with van der Waals surface area (Å²) in [6.45, 7) is 16.6. The zero-order valence-corrected chi connectivity index (χ0v) is 28.9. The third kappa shape index (κ3) is 7.32. The van der Waals surface area contributed by atoms with Crippen molar-refractivity contribution in [3.05, 3.63) is 116 Å². The lowest BCUT2D eigenvalue weighted by molar-refractivity contribution is -0.938. The third-order valence-corrected chi connectivity index (χ3v) is 10.8. The summed E-state index contributed by atoms with van der Waals surface area (Å²) < 4.78 is 2.00. The third-order valence-electron chi connectivity index (χ3n) is 9.07. The van der Waals surface area contributed by atoms with Crippen molar-refractivity contribution in [2.45, 2.75) is 60.5 Å². The second kappa shape index (κ2) is 14.0. The molecule has 4 aromatic carbocycles. The lowest BCUT2D eigenvalue weighted by Crippen LogP contribution is -2.47. The number of nitrogens with zero attached hydrogens (tertiary/aromatic N) is 2. The molecular formula is C38H43Cl2N2OS+. The Kier molecular flexibility index (Phi) is 10.4. The van der Waals surface area contributed by atoms with E-state index in [1.807, 2.05) is 17.9 Å². The van der Waals surface area contributed by atoms with Crippen LogP contribution in [0.3, 0.4) is 0 Å². The van der Waals surface area contributed by atoms with Crippen molar-refractivity contribution in [1.29, 1.82) is 0 Å². The Morgan fingerprint density at radius 1 is 0.818 bits per heavy atom. The maximum absolute atomic E-state index is 14.3. The Balaban J connectivity index is 1.37. The Morgan fingerprint density at radius 3 is 2.23 bits per heavy atom. The van der Waals surface area contributed by atoms with Crippen LogP contribution < -0.4 is 0 Å². The van der Waals surface area contributed by atoms with E-state index in [4.69, 9.17) is 23.2 Å². The maximum Gasteiger partial charge on any atom is 0.264 e. The predicted molar refractivity (Wildman–Crippen MR) is 190 cm³/mol. The van der Waals surface area contributed by atoms with Crippen LogP contribution in [0.5, 0.6) is 0 Å². The van der Waals surface area contributed by atoms with E-state index in [2.05, 4.69) is 88.4 Å². The number of aryl methyl sites for hydroxylation is 3. The highest BCUT2D eigenvalue weighted by Gasteiger charge is 2.26. The quantitative estimate of drug-likeness (QED) is 0.0976. The number of rotatable bonds is 12. The van der Waals surface area contributed by atoms with E-state index in [9.17, 15) is 4.79 Å². The summed E-state index contributed by atoms with van der Waals surface area (Å²) in [7, 11) is 0. The first-order valence-corrected chi connectivity index (χ1v) is 17.3. The number of unbranched alkanes of at least 4 members (excludes halogenated alkanes) is 1. The molecule has 0 unspecified atom stereocenters. The summed E-state index contributed by atoms with van der Waals surface area (Å²) in [5.74, 6) is 0.0611. The summed E-state index contributed by atoms with van der Waals surface area (Å²) in [6.07, 6.45) is 2.00. The number of amides is 1. The highest BCUT2D eigenvalue weighted by Crippen LogP contribution is 2.38. The van der Waals surface area contributed by atoms with Crippen LogP contribution in [0.1, 0.15) is 64.2 Å². The van der Waals surface area contributed by atoms with Gasteiger partial charge in [0.1, 0.15) is 6.54 Å². The first-order valence-electron chi connectivity index (χ1n) is 15.7. The molecule has 5 aromatic rings. The first-order chi connectivity index (χ1) is 21.1. The Labute approximate surface area is 276 Å². The second-order valence-corrected chi connectivity index (χ2v) is 14.2. The number of halogens is 2. The molecule has 5 rings (SSSR count).